The lowest BCUT2D eigenvalue weighted by atomic mass is 9.95. The van der Waals surface area contributed by atoms with Crippen molar-refractivity contribution < 1.29 is 17.6 Å². The largest absolute Gasteiger partial charge is 0.417 e. The summed E-state index contributed by atoms with van der Waals surface area (Å²) in [5.74, 6) is 0. The van der Waals surface area contributed by atoms with Crippen LogP contribution in [0.2, 0.25) is 5.15 Å². The molecule has 150 valence electrons. The van der Waals surface area contributed by atoms with E-state index in [2.05, 4.69) is 21.8 Å². The van der Waals surface area contributed by atoms with E-state index < -0.39 is 24.0 Å². The highest BCUT2D eigenvalue weighted by molar-refractivity contribution is 6.30. The van der Waals surface area contributed by atoms with Gasteiger partial charge in [0.1, 0.15) is 11.3 Å². The van der Waals surface area contributed by atoms with E-state index >= 15 is 4.39 Å². The molecule has 3 heterocycles. The van der Waals surface area contributed by atoms with Gasteiger partial charge in [-0.1, -0.05) is 30.3 Å². The molecule has 4 rings (SSSR count). The van der Waals surface area contributed by atoms with Gasteiger partial charge >= 0.3 is 6.18 Å². The third-order valence-electron chi connectivity index (χ3n) is 5.98. The molecule has 0 aliphatic carbocycles. The highest BCUT2D eigenvalue weighted by Crippen LogP contribution is 2.40. The quantitative estimate of drug-likeness (QED) is 0.535. The molecule has 0 spiro atoms. The Bertz CT molecular complexity index is 930. The van der Waals surface area contributed by atoms with Crippen molar-refractivity contribution in [1.29, 1.82) is 0 Å². The van der Waals surface area contributed by atoms with Crippen molar-refractivity contribution in [1.82, 2.24) is 9.88 Å². The number of piperidine rings is 1. The van der Waals surface area contributed by atoms with Crippen molar-refractivity contribution in [2.45, 2.75) is 49.7 Å². The molecule has 4 atom stereocenters. The van der Waals surface area contributed by atoms with E-state index in [0.29, 0.717) is 23.5 Å². The second-order valence-electron chi connectivity index (χ2n) is 7.57. The van der Waals surface area contributed by atoms with Crippen molar-refractivity contribution in [3.05, 3.63) is 41.7 Å². The third-order valence-corrected chi connectivity index (χ3v) is 6.18. The summed E-state index contributed by atoms with van der Waals surface area (Å²) in [5, 5.41) is 3.91. The minimum atomic E-state index is -4.62. The minimum absolute atomic E-state index is 0.0672. The van der Waals surface area contributed by atoms with Gasteiger partial charge in [-0.25, -0.2) is 9.37 Å². The number of halogens is 5. The monoisotopic (exact) mass is 413 g/mol. The summed E-state index contributed by atoms with van der Waals surface area (Å²) in [5.41, 5.74) is -0.814. The molecule has 3 nitrogen and oxygen atoms in total. The van der Waals surface area contributed by atoms with E-state index in [9.17, 15) is 13.2 Å². The molecule has 2 fully saturated rings. The number of allylic oxidation sites excluding steroid dienone is 1. The second kappa shape index (κ2) is 6.88. The average molecular weight is 414 g/mol. The fourth-order valence-electron chi connectivity index (χ4n) is 4.47. The molecule has 1 N–H and O–H groups in total. The molecule has 2 bridgehead atoms. The van der Waals surface area contributed by atoms with Crippen LogP contribution in [0.1, 0.15) is 25.0 Å². The number of aromatic nitrogens is 1. The Labute approximate surface area is 165 Å². The molecule has 28 heavy (non-hydrogen) atoms. The van der Waals surface area contributed by atoms with Crippen LogP contribution in [0.3, 0.4) is 0 Å². The molecular formula is C20H20ClF4N3. The van der Waals surface area contributed by atoms with Gasteiger partial charge in [0.15, 0.2) is 0 Å². The fraction of sp³-hybridized carbons (Fsp3) is 0.450. The summed E-state index contributed by atoms with van der Waals surface area (Å²) in [4.78, 5) is 5.95. The standard InChI is InChI=1S/C20H20ClF4N3/c1-10(20(23,24)25)19-12-4-3-5-14(13(12)9-17(21)27-19)26-15-8-11-6-7-16(18(15)22)28(11)2/h3-5,9,11,15-16,18,26H,1,6-8H2,2H3/t11?,15-,16?,18-/m1/s1. The van der Waals surface area contributed by atoms with Crippen LogP contribution in [0, 0.1) is 0 Å². The molecule has 1 aromatic heterocycles. The number of benzene rings is 1. The molecule has 0 amide bonds. The van der Waals surface area contributed by atoms with Gasteiger partial charge in [0.05, 0.1) is 17.3 Å². The molecule has 1 aromatic carbocycles. The fourth-order valence-corrected chi connectivity index (χ4v) is 4.67. The number of anilines is 1. The van der Waals surface area contributed by atoms with Crippen molar-refractivity contribution in [2.24, 2.45) is 0 Å². The lowest BCUT2D eigenvalue weighted by Crippen LogP contribution is -2.53. The first-order valence-corrected chi connectivity index (χ1v) is 9.53. The number of nitrogens with zero attached hydrogens (tertiary/aromatic N) is 2. The summed E-state index contributed by atoms with van der Waals surface area (Å²) in [6, 6.07) is 6.19. The first-order valence-electron chi connectivity index (χ1n) is 9.15. The number of rotatable bonds is 3. The minimum Gasteiger partial charge on any atom is -0.379 e. The molecule has 2 aliphatic rings. The maximum absolute atomic E-state index is 15.0. The van der Waals surface area contributed by atoms with Crippen LogP contribution in [-0.2, 0) is 0 Å². The Balaban J connectivity index is 1.73. The van der Waals surface area contributed by atoms with Crippen molar-refractivity contribution >= 4 is 33.6 Å². The maximum atomic E-state index is 15.0. The number of hydrogen-bond donors (Lipinski definition) is 1. The van der Waals surface area contributed by atoms with E-state index in [1.54, 1.807) is 18.2 Å². The Morgan fingerprint density at radius 3 is 2.75 bits per heavy atom. The Hall–Kier alpha value is -1.86. The van der Waals surface area contributed by atoms with Gasteiger partial charge in [0, 0.05) is 28.5 Å². The number of fused-ring (bicyclic) bond motifs is 3. The van der Waals surface area contributed by atoms with Crippen LogP contribution < -0.4 is 5.32 Å². The summed E-state index contributed by atoms with van der Waals surface area (Å²) in [6.45, 7) is 3.15. The van der Waals surface area contributed by atoms with Gasteiger partial charge in [-0.15, -0.1) is 0 Å². The number of alkyl halides is 4. The van der Waals surface area contributed by atoms with Crippen LogP contribution in [-0.4, -0.2) is 47.4 Å². The zero-order valence-electron chi connectivity index (χ0n) is 15.2. The van der Waals surface area contributed by atoms with Crippen LogP contribution in [0.25, 0.3) is 16.3 Å². The van der Waals surface area contributed by atoms with Crippen molar-refractivity contribution in [3.63, 3.8) is 0 Å². The zero-order chi connectivity index (χ0) is 20.2. The van der Waals surface area contributed by atoms with Crippen LogP contribution in [0.5, 0.6) is 0 Å². The van der Waals surface area contributed by atoms with Gasteiger partial charge < -0.3 is 5.32 Å². The summed E-state index contributed by atoms with van der Waals surface area (Å²) >= 11 is 6.01. The predicted octanol–water partition coefficient (Wildman–Crippen LogP) is 5.45. The van der Waals surface area contributed by atoms with Gasteiger partial charge in [-0.3, -0.25) is 4.90 Å². The van der Waals surface area contributed by atoms with Crippen LogP contribution in [0.15, 0.2) is 30.8 Å². The zero-order valence-corrected chi connectivity index (χ0v) is 16.0. The Kier molecular flexibility index (Phi) is 4.78. The van der Waals surface area contributed by atoms with Gasteiger partial charge in [0.25, 0.3) is 0 Å². The number of pyridine rings is 1. The van der Waals surface area contributed by atoms with Crippen molar-refractivity contribution in [3.8, 4) is 0 Å². The number of hydrogen-bond acceptors (Lipinski definition) is 3. The molecule has 2 unspecified atom stereocenters. The maximum Gasteiger partial charge on any atom is 0.417 e. The molecular weight excluding hydrogens is 394 g/mol. The first-order chi connectivity index (χ1) is 13.2. The van der Waals surface area contributed by atoms with Gasteiger partial charge in [-0.05, 0) is 38.4 Å². The van der Waals surface area contributed by atoms with E-state index in [1.807, 2.05) is 7.05 Å². The summed E-state index contributed by atoms with van der Waals surface area (Å²) < 4.78 is 54.6. The Morgan fingerprint density at radius 2 is 2.04 bits per heavy atom. The Morgan fingerprint density at radius 1 is 1.29 bits per heavy atom. The average Bonchev–Trinajstić information content (AvgIpc) is 2.90. The highest BCUT2D eigenvalue weighted by atomic mass is 35.5. The van der Waals surface area contributed by atoms with Gasteiger partial charge in [-0.2, -0.15) is 13.2 Å². The van der Waals surface area contributed by atoms with E-state index in [0.717, 1.165) is 12.8 Å². The molecule has 2 aromatic rings. The van der Waals surface area contributed by atoms with Gasteiger partial charge in [0.2, 0.25) is 0 Å². The highest BCUT2D eigenvalue weighted by Gasteiger charge is 2.46. The van der Waals surface area contributed by atoms with E-state index in [1.165, 1.54) is 6.07 Å². The molecule has 0 radical (unpaired) electrons. The van der Waals surface area contributed by atoms with Crippen LogP contribution in [0.4, 0.5) is 23.2 Å². The van der Waals surface area contributed by atoms with Crippen molar-refractivity contribution in [2.75, 3.05) is 12.4 Å². The lowest BCUT2D eigenvalue weighted by molar-refractivity contribution is -0.0688. The molecule has 0 saturated carbocycles. The van der Waals surface area contributed by atoms with E-state index in [-0.39, 0.29) is 22.3 Å². The smallest absolute Gasteiger partial charge is 0.379 e. The first kappa shape index (κ1) is 19.5. The lowest BCUT2D eigenvalue weighted by Gasteiger charge is -2.39. The molecule has 8 heteroatoms. The topological polar surface area (TPSA) is 28.2 Å². The summed E-state index contributed by atoms with van der Waals surface area (Å²) in [6.07, 6.45) is -3.25. The SMILES string of the molecule is C=C(c1nc(Cl)cc2c(N[C@@H]3CC4CCC([C@@H]3F)N4C)cccc12)C(F)(F)F. The van der Waals surface area contributed by atoms with Crippen LogP contribution >= 0.6 is 11.6 Å². The second-order valence-corrected chi connectivity index (χ2v) is 7.95. The molecule has 2 aliphatic heterocycles. The normalized spacial score (nSPS) is 27.9. The predicted molar refractivity (Wildman–Crippen MR) is 103 cm³/mol. The number of nitrogens with one attached hydrogen (secondary N) is 1. The third kappa shape index (κ3) is 3.24. The molecule has 2 saturated heterocycles. The van der Waals surface area contributed by atoms with E-state index in [4.69, 9.17) is 11.6 Å². The summed E-state index contributed by atoms with van der Waals surface area (Å²) in [7, 11) is 1.95.